The highest BCUT2D eigenvalue weighted by molar-refractivity contribution is 5.78. The zero-order chi connectivity index (χ0) is 12.8. The standard InChI is InChI=1S/C12H21N3O3/c16-11(10-2-4-13-5-3-10)14-6-8-15-7-1-9-18-12(15)17/h10,13H,1-9H2,(H,14,16). The number of cyclic esters (lactones) is 1. The molecule has 2 amide bonds. The first kappa shape index (κ1) is 13.1. The van der Waals surface area contributed by atoms with Crippen molar-refractivity contribution < 1.29 is 14.3 Å². The summed E-state index contributed by atoms with van der Waals surface area (Å²) in [4.78, 5) is 24.8. The molecule has 0 aromatic carbocycles. The Bertz CT molecular complexity index is 303. The van der Waals surface area contributed by atoms with E-state index in [4.69, 9.17) is 4.74 Å². The summed E-state index contributed by atoms with van der Waals surface area (Å²) < 4.78 is 4.93. The van der Waals surface area contributed by atoms with Crippen molar-refractivity contribution in [2.45, 2.75) is 19.3 Å². The van der Waals surface area contributed by atoms with E-state index in [1.807, 2.05) is 0 Å². The van der Waals surface area contributed by atoms with Gasteiger partial charge in [0.1, 0.15) is 0 Å². The Labute approximate surface area is 107 Å². The summed E-state index contributed by atoms with van der Waals surface area (Å²) in [6.45, 7) is 4.11. The lowest BCUT2D eigenvalue weighted by atomic mass is 9.97. The first-order valence-electron chi connectivity index (χ1n) is 6.67. The molecule has 2 rings (SSSR count). The van der Waals surface area contributed by atoms with E-state index in [1.54, 1.807) is 4.90 Å². The molecule has 0 saturated carbocycles. The minimum Gasteiger partial charge on any atom is -0.449 e. The number of rotatable bonds is 4. The highest BCUT2D eigenvalue weighted by atomic mass is 16.6. The smallest absolute Gasteiger partial charge is 0.409 e. The van der Waals surface area contributed by atoms with Crippen LogP contribution >= 0.6 is 0 Å². The van der Waals surface area contributed by atoms with Crippen LogP contribution in [0.5, 0.6) is 0 Å². The maximum atomic E-state index is 11.8. The summed E-state index contributed by atoms with van der Waals surface area (Å²) in [5.41, 5.74) is 0. The predicted octanol–water partition coefficient (Wildman–Crippen LogP) is -0.0555. The van der Waals surface area contributed by atoms with Crippen LogP contribution in [0.25, 0.3) is 0 Å². The van der Waals surface area contributed by atoms with Gasteiger partial charge in [0.05, 0.1) is 6.61 Å². The lowest BCUT2D eigenvalue weighted by Gasteiger charge is -2.27. The average Bonchev–Trinajstić information content (AvgIpc) is 2.42. The molecule has 6 nitrogen and oxygen atoms in total. The van der Waals surface area contributed by atoms with Gasteiger partial charge in [0.25, 0.3) is 0 Å². The summed E-state index contributed by atoms with van der Waals surface area (Å²) in [7, 11) is 0. The highest BCUT2D eigenvalue weighted by Crippen LogP contribution is 2.11. The fraction of sp³-hybridized carbons (Fsp3) is 0.833. The van der Waals surface area contributed by atoms with Gasteiger partial charge in [0.2, 0.25) is 5.91 Å². The molecule has 2 aliphatic heterocycles. The van der Waals surface area contributed by atoms with E-state index in [2.05, 4.69) is 10.6 Å². The van der Waals surface area contributed by atoms with E-state index in [1.165, 1.54) is 0 Å². The normalized spacial score (nSPS) is 21.6. The van der Waals surface area contributed by atoms with Gasteiger partial charge in [0, 0.05) is 25.6 Å². The Hall–Kier alpha value is -1.30. The van der Waals surface area contributed by atoms with Crippen LogP contribution in [0.3, 0.4) is 0 Å². The zero-order valence-corrected chi connectivity index (χ0v) is 10.6. The molecule has 0 aromatic heterocycles. The molecule has 2 aliphatic rings. The second-order valence-corrected chi connectivity index (χ2v) is 4.77. The van der Waals surface area contributed by atoms with E-state index in [0.29, 0.717) is 19.7 Å². The summed E-state index contributed by atoms with van der Waals surface area (Å²) in [6.07, 6.45) is 2.40. The van der Waals surface area contributed by atoms with Crippen molar-refractivity contribution >= 4 is 12.0 Å². The van der Waals surface area contributed by atoms with Crippen LogP contribution in [-0.4, -0.2) is 56.2 Å². The quantitative estimate of drug-likeness (QED) is 0.738. The second kappa shape index (κ2) is 6.58. The fourth-order valence-electron chi connectivity index (χ4n) is 2.34. The molecule has 102 valence electrons. The topological polar surface area (TPSA) is 70.7 Å². The summed E-state index contributed by atoms with van der Waals surface area (Å²) in [5, 5.41) is 6.14. The van der Waals surface area contributed by atoms with Crippen LogP contribution in [0.1, 0.15) is 19.3 Å². The molecule has 0 unspecified atom stereocenters. The zero-order valence-electron chi connectivity index (χ0n) is 10.6. The number of nitrogens with zero attached hydrogens (tertiary/aromatic N) is 1. The molecule has 18 heavy (non-hydrogen) atoms. The van der Waals surface area contributed by atoms with Gasteiger partial charge in [0.15, 0.2) is 0 Å². The van der Waals surface area contributed by atoms with Gasteiger partial charge >= 0.3 is 6.09 Å². The minimum atomic E-state index is -0.266. The molecule has 0 atom stereocenters. The second-order valence-electron chi connectivity index (χ2n) is 4.77. The maximum absolute atomic E-state index is 11.8. The Morgan fingerprint density at radius 2 is 2.22 bits per heavy atom. The van der Waals surface area contributed by atoms with Crippen molar-refractivity contribution in [1.82, 2.24) is 15.5 Å². The number of ether oxygens (including phenoxy) is 1. The number of carbonyl (C=O) groups excluding carboxylic acids is 2. The minimum absolute atomic E-state index is 0.113. The van der Waals surface area contributed by atoms with Crippen molar-refractivity contribution in [3.63, 3.8) is 0 Å². The van der Waals surface area contributed by atoms with Gasteiger partial charge in [-0.1, -0.05) is 0 Å². The summed E-state index contributed by atoms with van der Waals surface area (Å²) >= 11 is 0. The van der Waals surface area contributed by atoms with Gasteiger partial charge in [-0.05, 0) is 32.4 Å². The monoisotopic (exact) mass is 255 g/mol. The van der Waals surface area contributed by atoms with Crippen molar-refractivity contribution in [3.8, 4) is 0 Å². The third kappa shape index (κ3) is 3.60. The van der Waals surface area contributed by atoms with Gasteiger partial charge < -0.3 is 20.3 Å². The molecule has 6 heteroatoms. The molecule has 2 N–H and O–H groups in total. The molecular formula is C12H21N3O3. The van der Waals surface area contributed by atoms with E-state index in [-0.39, 0.29) is 17.9 Å². The number of nitrogens with one attached hydrogen (secondary N) is 2. The van der Waals surface area contributed by atoms with E-state index >= 15 is 0 Å². The van der Waals surface area contributed by atoms with Crippen molar-refractivity contribution in [3.05, 3.63) is 0 Å². The van der Waals surface area contributed by atoms with Crippen LogP contribution in [0.15, 0.2) is 0 Å². The summed E-state index contributed by atoms with van der Waals surface area (Å²) in [6, 6.07) is 0. The predicted molar refractivity (Wildman–Crippen MR) is 66.1 cm³/mol. The molecule has 2 heterocycles. The SMILES string of the molecule is O=C(NCCN1CCCOC1=O)C1CCNCC1. The third-order valence-corrected chi connectivity index (χ3v) is 3.45. The Morgan fingerprint density at radius 3 is 2.94 bits per heavy atom. The molecule has 0 aromatic rings. The molecular weight excluding hydrogens is 234 g/mol. The van der Waals surface area contributed by atoms with E-state index < -0.39 is 0 Å². The third-order valence-electron chi connectivity index (χ3n) is 3.45. The van der Waals surface area contributed by atoms with Gasteiger partial charge in [-0.25, -0.2) is 4.79 Å². The number of hydrogen-bond donors (Lipinski definition) is 2. The van der Waals surface area contributed by atoms with Crippen LogP contribution in [0.2, 0.25) is 0 Å². The Balaban J connectivity index is 1.64. The Kier molecular flexibility index (Phi) is 4.81. The van der Waals surface area contributed by atoms with E-state index in [0.717, 1.165) is 38.9 Å². The number of carbonyl (C=O) groups is 2. The van der Waals surface area contributed by atoms with Crippen LogP contribution in [0.4, 0.5) is 4.79 Å². The largest absolute Gasteiger partial charge is 0.449 e. The molecule has 0 bridgehead atoms. The molecule has 2 fully saturated rings. The lowest BCUT2D eigenvalue weighted by molar-refractivity contribution is -0.125. The van der Waals surface area contributed by atoms with E-state index in [9.17, 15) is 9.59 Å². The molecule has 0 aliphatic carbocycles. The first-order valence-corrected chi connectivity index (χ1v) is 6.67. The molecule has 2 saturated heterocycles. The Morgan fingerprint density at radius 1 is 1.44 bits per heavy atom. The lowest BCUT2D eigenvalue weighted by Crippen LogP contribution is -2.44. The number of amides is 2. The fourth-order valence-corrected chi connectivity index (χ4v) is 2.34. The average molecular weight is 255 g/mol. The van der Waals surface area contributed by atoms with Crippen molar-refractivity contribution in [2.24, 2.45) is 5.92 Å². The van der Waals surface area contributed by atoms with Gasteiger partial charge in [-0.2, -0.15) is 0 Å². The summed E-state index contributed by atoms with van der Waals surface area (Å²) in [5.74, 6) is 0.237. The van der Waals surface area contributed by atoms with Gasteiger partial charge in [-0.3, -0.25) is 4.79 Å². The number of hydrogen-bond acceptors (Lipinski definition) is 4. The first-order chi connectivity index (χ1) is 8.77. The van der Waals surface area contributed by atoms with Crippen LogP contribution in [-0.2, 0) is 9.53 Å². The van der Waals surface area contributed by atoms with Crippen molar-refractivity contribution in [2.75, 3.05) is 39.3 Å². The van der Waals surface area contributed by atoms with Crippen molar-refractivity contribution in [1.29, 1.82) is 0 Å². The number of piperidine rings is 1. The van der Waals surface area contributed by atoms with Gasteiger partial charge in [-0.15, -0.1) is 0 Å². The maximum Gasteiger partial charge on any atom is 0.409 e. The molecule has 0 spiro atoms. The molecule has 0 radical (unpaired) electrons. The highest BCUT2D eigenvalue weighted by Gasteiger charge is 2.22. The van der Waals surface area contributed by atoms with Crippen LogP contribution in [0, 0.1) is 5.92 Å². The van der Waals surface area contributed by atoms with Crippen LogP contribution < -0.4 is 10.6 Å².